The van der Waals surface area contributed by atoms with Gasteiger partial charge in [-0.1, -0.05) is 0 Å². The van der Waals surface area contributed by atoms with Crippen LogP contribution in [-0.4, -0.2) is 12.6 Å². The molecule has 0 saturated carbocycles. The molecule has 2 radical (unpaired) electrons. The van der Waals surface area contributed by atoms with Gasteiger partial charge in [0.05, 0.1) is 0 Å². The van der Waals surface area contributed by atoms with E-state index < -0.39 is 0 Å². The highest BCUT2D eigenvalue weighted by Crippen LogP contribution is 1.47. The molecule has 0 aromatic heterocycles. The van der Waals surface area contributed by atoms with Crippen LogP contribution in [0.2, 0.25) is 0 Å². The smallest absolute Gasteiger partial charge is 0.136 e. The van der Waals surface area contributed by atoms with Crippen molar-refractivity contribution in [2.24, 2.45) is 0 Å². The molecule has 0 heterocycles. The maximum absolute atomic E-state index is 9.06. The Kier molecular flexibility index (Phi) is 2.90. The molecule has 2 nitrogen and oxygen atoms in total. The second-order valence-electron chi connectivity index (χ2n) is 0.402. The minimum atomic E-state index is 0.312. The summed E-state index contributed by atoms with van der Waals surface area (Å²) in [4.78, 5) is 18.1. The van der Waals surface area contributed by atoms with E-state index in [0.717, 1.165) is 0 Å². The molecule has 0 amide bonds. The summed E-state index contributed by atoms with van der Waals surface area (Å²) in [5, 5.41) is 0. The lowest BCUT2D eigenvalue weighted by atomic mass is 10.6. The van der Waals surface area contributed by atoms with E-state index in [1.165, 1.54) is 0 Å². The van der Waals surface area contributed by atoms with Gasteiger partial charge in [0, 0.05) is 0 Å². The van der Waals surface area contributed by atoms with Crippen molar-refractivity contribution in [3.05, 3.63) is 6.42 Å². The monoisotopic (exact) mass is 70.0 g/mol. The van der Waals surface area contributed by atoms with E-state index in [4.69, 9.17) is 9.59 Å². The number of carbonyl (C=O) groups is 2. The van der Waals surface area contributed by atoms with Gasteiger partial charge in [0.25, 0.3) is 0 Å². The van der Waals surface area contributed by atoms with Crippen LogP contribution >= 0.6 is 0 Å². The third-order valence-electron chi connectivity index (χ3n) is 0.136. The molecule has 0 atom stereocenters. The summed E-state index contributed by atoms with van der Waals surface area (Å²) in [7, 11) is 0. The van der Waals surface area contributed by atoms with E-state index in [2.05, 4.69) is 0 Å². The summed E-state index contributed by atoms with van der Waals surface area (Å²) in [6.45, 7) is 0. The summed E-state index contributed by atoms with van der Waals surface area (Å²) in [5.74, 6) is 0. The largest absolute Gasteiger partial charge is 0.302 e. The zero-order valence-corrected chi connectivity index (χ0v) is 2.47. The summed E-state index contributed by atoms with van der Waals surface area (Å²) in [5.41, 5.74) is 0. The first-order valence-electron chi connectivity index (χ1n) is 1.05. The van der Waals surface area contributed by atoms with E-state index in [1.54, 1.807) is 6.42 Å². The summed E-state index contributed by atoms with van der Waals surface area (Å²) in [6.07, 6.45) is 2.38. The van der Waals surface area contributed by atoms with Crippen LogP contribution in [0, 0.1) is 6.42 Å². The van der Waals surface area contributed by atoms with Crippen LogP contribution < -0.4 is 0 Å². The highest BCUT2D eigenvalue weighted by Gasteiger charge is 1.68. The molecule has 0 saturated heterocycles. The molecule has 0 aromatic rings. The van der Waals surface area contributed by atoms with Gasteiger partial charge in [-0.15, -0.1) is 0 Å². The van der Waals surface area contributed by atoms with E-state index in [9.17, 15) is 0 Å². The van der Waals surface area contributed by atoms with Crippen LogP contribution in [0.3, 0.4) is 0 Å². The van der Waals surface area contributed by atoms with Gasteiger partial charge < -0.3 is 9.59 Å². The fourth-order valence-corrected chi connectivity index (χ4v) is 0.0278. The summed E-state index contributed by atoms with van der Waals surface area (Å²) in [6, 6.07) is 0. The van der Waals surface area contributed by atoms with Crippen molar-refractivity contribution in [1.29, 1.82) is 0 Å². The van der Waals surface area contributed by atoms with Crippen molar-refractivity contribution in [2.45, 2.75) is 0 Å². The van der Waals surface area contributed by atoms with Crippen LogP contribution in [0.4, 0.5) is 0 Å². The van der Waals surface area contributed by atoms with E-state index in [0.29, 0.717) is 12.6 Å². The third-order valence-corrected chi connectivity index (χ3v) is 0.136. The van der Waals surface area contributed by atoms with Crippen molar-refractivity contribution in [2.75, 3.05) is 0 Å². The molecule has 5 heavy (non-hydrogen) atoms. The first-order chi connectivity index (χ1) is 2.41. The molecule has 26 valence electrons. The molecule has 0 bridgehead atoms. The maximum atomic E-state index is 9.06. The summed E-state index contributed by atoms with van der Waals surface area (Å²) < 4.78 is 0. The SMILES string of the molecule is O=C[C]C=O. The molecular formula is C3H2O2. The summed E-state index contributed by atoms with van der Waals surface area (Å²) >= 11 is 0. The lowest BCUT2D eigenvalue weighted by Crippen LogP contribution is -1.71. The van der Waals surface area contributed by atoms with Crippen LogP contribution in [0.5, 0.6) is 0 Å². The Balaban J connectivity index is 2.65. The Morgan fingerprint density at radius 1 is 1.20 bits per heavy atom. The zero-order valence-electron chi connectivity index (χ0n) is 2.47. The average Bonchev–Trinajstić information content (AvgIpc) is 1.41. The van der Waals surface area contributed by atoms with E-state index in [1.807, 2.05) is 0 Å². The highest BCUT2D eigenvalue weighted by atomic mass is 16.1. The molecule has 0 unspecified atom stereocenters. The number of aldehydes is 2. The molecule has 0 aliphatic heterocycles. The molecule has 0 N–H and O–H groups in total. The fraction of sp³-hybridized carbons (Fsp3) is 0. The molecular weight excluding hydrogens is 68.0 g/mol. The Labute approximate surface area is 29.8 Å². The van der Waals surface area contributed by atoms with Crippen molar-refractivity contribution < 1.29 is 9.59 Å². The molecule has 0 aromatic carbocycles. The maximum Gasteiger partial charge on any atom is 0.136 e. The van der Waals surface area contributed by atoms with E-state index >= 15 is 0 Å². The highest BCUT2D eigenvalue weighted by molar-refractivity contribution is 5.86. The van der Waals surface area contributed by atoms with Gasteiger partial charge in [-0.25, -0.2) is 0 Å². The van der Waals surface area contributed by atoms with Crippen molar-refractivity contribution >= 4 is 12.6 Å². The fourth-order valence-electron chi connectivity index (χ4n) is 0.0278. The van der Waals surface area contributed by atoms with Crippen molar-refractivity contribution in [3.8, 4) is 0 Å². The van der Waals surface area contributed by atoms with Gasteiger partial charge in [-0.05, 0) is 0 Å². The number of hydrogen-bond donors (Lipinski definition) is 0. The van der Waals surface area contributed by atoms with Crippen molar-refractivity contribution in [3.63, 3.8) is 0 Å². The average molecular weight is 70.0 g/mol. The minimum Gasteiger partial charge on any atom is -0.302 e. The van der Waals surface area contributed by atoms with Crippen molar-refractivity contribution in [1.82, 2.24) is 0 Å². The predicted molar refractivity (Wildman–Crippen MR) is 15.4 cm³/mol. The standard InChI is InChI=1S/C3H2O2/c4-2-1-3-5/h2-3H. The lowest BCUT2D eigenvalue weighted by Gasteiger charge is -1.51. The second-order valence-corrected chi connectivity index (χ2v) is 0.402. The number of hydrogen-bond acceptors (Lipinski definition) is 2. The minimum absolute atomic E-state index is 0.312. The topological polar surface area (TPSA) is 34.1 Å². The Hall–Kier alpha value is -0.660. The zero-order chi connectivity index (χ0) is 4.12. The number of rotatable bonds is 2. The first-order valence-corrected chi connectivity index (χ1v) is 1.05. The first kappa shape index (κ1) is 4.34. The predicted octanol–water partition coefficient (Wildman–Crippen LogP) is -0.535. The van der Waals surface area contributed by atoms with Crippen LogP contribution in [0.15, 0.2) is 0 Å². The second kappa shape index (κ2) is 3.34. The molecule has 0 aliphatic carbocycles. The van der Waals surface area contributed by atoms with Gasteiger partial charge >= 0.3 is 0 Å². The Morgan fingerprint density at radius 2 is 1.60 bits per heavy atom. The third kappa shape index (κ3) is 3.34. The van der Waals surface area contributed by atoms with Gasteiger partial charge in [-0.2, -0.15) is 0 Å². The molecule has 0 aliphatic rings. The van der Waals surface area contributed by atoms with E-state index in [-0.39, 0.29) is 0 Å². The van der Waals surface area contributed by atoms with Gasteiger partial charge in [0.2, 0.25) is 0 Å². The van der Waals surface area contributed by atoms with Crippen LogP contribution in [0.25, 0.3) is 0 Å². The molecule has 2 heteroatoms. The van der Waals surface area contributed by atoms with Gasteiger partial charge in [0.1, 0.15) is 19.0 Å². The van der Waals surface area contributed by atoms with Crippen LogP contribution in [0.1, 0.15) is 0 Å². The Bertz CT molecular complexity index is 34.2. The van der Waals surface area contributed by atoms with Gasteiger partial charge in [-0.3, -0.25) is 0 Å². The van der Waals surface area contributed by atoms with Crippen LogP contribution in [-0.2, 0) is 9.59 Å². The number of carbonyl (C=O) groups excluding carboxylic acids is 2. The van der Waals surface area contributed by atoms with Gasteiger partial charge in [0.15, 0.2) is 0 Å². The molecule has 0 spiro atoms. The lowest BCUT2D eigenvalue weighted by molar-refractivity contribution is -0.110. The Morgan fingerprint density at radius 3 is 1.60 bits per heavy atom. The molecule has 0 fully saturated rings. The normalized spacial score (nSPS) is 6.40. The molecule has 0 rings (SSSR count). The quantitative estimate of drug-likeness (QED) is 0.409.